The molecule has 0 saturated carbocycles. The second kappa shape index (κ2) is 9.28. The Morgan fingerprint density at radius 3 is 2.55 bits per heavy atom. The van der Waals surface area contributed by atoms with E-state index >= 15 is 0 Å². The number of aliphatic carboxylic acids is 1. The maximum Gasteiger partial charge on any atom is 0.341 e. The van der Waals surface area contributed by atoms with Gasteiger partial charge in [-0.1, -0.05) is 47.5 Å². The zero-order valence-electron chi connectivity index (χ0n) is 16.3. The summed E-state index contributed by atoms with van der Waals surface area (Å²) in [6.45, 7) is -0.524. The van der Waals surface area contributed by atoms with Crippen LogP contribution in [-0.4, -0.2) is 46.6 Å². The minimum Gasteiger partial charge on any atom is -0.503 e. The van der Waals surface area contributed by atoms with Crippen molar-refractivity contribution in [2.75, 3.05) is 13.7 Å². The molecular weight excluding hydrogens is 447 g/mol. The van der Waals surface area contributed by atoms with E-state index in [4.69, 9.17) is 33.0 Å². The number of hydrogen-bond donors (Lipinski definition) is 3. The Morgan fingerprint density at radius 2 is 1.87 bits per heavy atom. The zero-order chi connectivity index (χ0) is 22.7. The Hall–Kier alpha value is -3.23. The molecule has 3 rings (SSSR count). The van der Waals surface area contributed by atoms with Crippen molar-refractivity contribution in [2.45, 2.75) is 12.6 Å². The summed E-state index contributed by atoms with van der Waals surface area (Å²) < 4.78 is 5.31. The molecule has 0 bridgehead atoms. The van der Waals surface area contributed by atoms with Gasteiger partial charge >= 0.3 is 5.97 Å². The second-order valence-electron chi connectivity index (χ2n) is 6.73. The van der Waals surface area contributed by atoms with Crippen LogP contribution < -0.4 is 10.1 Å². The van der Waals surface area contributed by atoms with Crippen LogP contribution in [0.2, 0.25) is 10.0 Å². The van der Waals surface area contributed by atoms with Crippen molar-refractivity contribution in [3.63, 3.8) is 0 Å². The van der Waals surface area contributed by atoms with E-state index < -0.39 is 36.2 Å². The predicted octanol–water partition coefficient (Wildman–Crippen LogP) is 3.10. The molecule has 8 nitrogen and oxygen atoms in total. The maximum atomic E-state index is 12.9. The number of carboxylic acids is 1. The number of carbonyl (C=O) groups is 3. The van der Waals surface area contributed by atoms with Gasteiger partial charge in [0.15, 0.2) is 12.4 Å². The van der Waals surface area contributed by atoms with E-state index in [0.29, 0.717) is 21.2 Å². The SMILES string of the molecule is CN1C(=O)C(O)=C(C(=O)NCc2ccc(Cl)c(Cl)c2)C1c1ccccc1OCC(=O)O. The largest absolute Gasteiger partial charge is 0.503 e. The number of aliphatic hydroxyl groups is 1. The molecule has 0 saturated heterocycles. The van der Waals surface area contributed by atoms with Crippen molar-refractivity contribution in [3.05, 3.63) is 75.0 Å². The van der Waals surface area contributed by atoms with E-state index in [1.165, 1.54) is 18.0 Å². The normalized spacial score (nSPS) is 15.9. The van der Waals surface area contributed by atoms with Crippen LogP contribution in [0.3, 0.4) is 0 Å². The molecule has 1 aliphatic rings. The van der Waals surface area contributed by atoms with E-state index in [0.717, 1.165) is 0 Å². The summed E-state index contributed by atoms with van der Waals surface area (Å²) in [5.41, 5.74) is 0.865. The van der Waals surface area contributed by atoms with Crippen molar-refractivity contribution in [3.8, 4) is 5.75 Å². The average molecular weight is 465 g/mol. The highest BCUT2D eigenvalue weighted by Crippen LogP contribution is 2.40. The number of nitrogens with zero attached hydrogens (tertiary/aromatic N) is 1. The number of aliphatic hydroxyl groups excluding tert-OH is 1. The number of carboxylic acid groups (broad SMARTS) is 1. The summed E-state index contributed by atoms with van der Waals surface area (Å²) in [5.74, 6) is -3.09. The molecule has 2 aromatic rings. The summed E-state index contributed by atoms with van der Waals surface area (Å²) in [6.07, 6.45) is 0. The number of amides is 2. The second-order valence-corrected chi connectivity index (χ2v) is 7.55. The van der Waals surface area contributed by atoms with Gasteiger partial charge in [-0.2, -0.15) is 0 Å². The van der Waals surface area contributed by atoms with Gasteiger partial charge in [-0.05, 0) is 23.8 Å². The highest BCUT2D eigenvalue weighted by molar-refractivity contribution is 6.42. The fourth-order valence-corrected chi connectivity index (χ4v) is 3.54. The van der Waals surface area contributed by atoms with Crippen LogP contribution in [-0.2, 0) is 20.9 Å². The Balaban J connectivity index is 1.89. The third kappa shape index (κ3) is 4.76. The van der Waals surface area contributed by atoms with Crippen molar-refractivity contribution in [2.24, 2.45) is 0 Å². The summed E-state index contributed by atoms with van der Waals surface area (Å²) in [7, 11) is 1.43. The average Bonchev–Trinajstić information content (AvgIpc) is 2.97. The van der Waals surface area contributed by atoms with Crippen LogP contribution >= 0.6 is 23.2 Å². The number of likely N-dealkylation sites (N-methyl/N-ethyl adjacent to an activating group) is 1. The van der Waals surface area contributed by atoms with Gasteiger partial charge in [-0.25, -0.2) is 4.79 Å². The molecule has 31 heavy (non-hydrogen) atoms. The first-order valence-corrected chi connectivity index (χ1v) is 9.82. The molecule has 3 N–H and O–H groups in total. The van der Waals surface area contributed by atoms with Gasteiger partial charge in [0.1, 0.15) is 5.75 Å². The van der Waals surface area contributed by atoms with Crippen molar-refractivity contribution < 1.29 is 29.3 Å². The van der Waals surface area contributed by atoms with E-state index in [2.05, 4.69) is 5.32 Å². The van der Waals surface area contributed by atoms with Crippen molar-refractivity contribution in [1.29, 1.82) is 0 Å². The molecule has 2 aromatic carbocycles. The molecule has 1 atom stereocenters. The number of nitrogens with one attached hydrogen (secondary N) is 1. The fourth-order valence-electron chi connectivity index (χ4n) is 3.22. The zero-order valence-corrected chi connectivity index (χ0v) is 17.8. The Kier molecular flexibility index (Phi) is 6.72. The van der Waals surface area contributed by atoms with E-state index in [1.54, 1.807) is 36.4 Å². The smallest absolute Gasteiger partial charge is 0.341 e. The Morgan fingerprint density at radius 1 is 1.16 bits per heavy atom. The summed E-state index contributed by atoms with van der Waals surface area (Å²) >= 11 is 11.9. The topological polar surface area (TPSA) is 116 Å². The van der Waals surface area contributed by atoms with E-state index in [-0.39, 0.29) is 17.9 Å². The molecule has 0 spiro atoms. The lowest BCUT2D eigenvalue weighted by atomic mass is 9.98. The maximum absolute atomic E-state index is 12.9. The number of halogens is 2. The summed E-state index contributed by atoms with van der Waals surface area (Å²) in [4.78, 5) is 37.4. The highest BCUT2D eigenvalue weighted by atomic mass is 35.5. The molecule has 1 heterocycles. The third-order valence-electron chi connectivity index (χ3n) is 4.69. The van der Waals surface area contributed by atoms with Crippen LogP contribution in [0.5, 0.6) is 5.75 Å². The number of carbonyl (C=O) groups excluding carboxylic acids is 2. The summed E-state index contributed by atoms with van der Waals surface area (Å²) in [5, 5.41) is 22.6. The van der Waals surface area contributed by atoms with Crippen LogP contribution in [0.15, 0.2) is 53.8 Å². The van der Waals surface area contributed by atoms with Gasteiger partial charge in [0, 0.05) is 19.2 Å². The molecule has 0 aromatic heterocycles. The molecule has 2 amide bonds. The minimum absolute atomic E-state index is 0.0777. The molecule has 0 radical (unpaired) electrons. The standard InChI is InChI=1S/C21H18Cl2N2O6/c1-25-18(12-4-2-3-5-15(12)31-10-16(26)27)17(19(28)21(25)30)20(29)24-9-11-6-7-13(22)14(23)8-11/h2-8,18,28H,9-10H2,1H3,(H,24,29)(H,26,27). The number of para-hydroxylation sites is 1. The Labute approximate surface area is 187 Å². The fraction of sp³-hybridized carbons (Fsp3) is 0.190. The van der Waals surface area contributed by atoms with Crippen molar-refractivity contribution >= 4 is 41.0 Å². The number of rotatable bonds is 7. The van der Waals surface area contributed by atoms with Gasteiger partial charge < -0.3 is 25.2 Å². The molecule has 10 heteroatoms. The third-order valence-corrected chi connectivity index (χ3v) is 5.42. The Bertz CT molecular complexity index is 1090. The van der Waals surface area contributed by atoms with Crippen LogP contribution in [0, 0.1) is 0 Å². The van der Waals surface area contributed by atoms with Crippen LogP contribution in [0.4, 0.5) is 0 Å². The van der Waals surface area contributed by atoms with E-state index in [9.17, 15) is 19.5 Å². The molecule has 1 unspecified atom stereocenters. The summed E-state index contributed by atoms with van der Waals surface area (Å²) in [6, 6.07) is 10.3. The molecule has 1 aliphatic heterocycles. The van der Waals surface area contributed by atoms with E-state index in [1.807, 2.05) is 0 Å². The molecular formula is C21H18Cl2N2O6. The van der Waals surface area contributed by atoms with Gasteiger partial charge in [0.2, 0.25) is 0 Å². The first-order chi connectivity index (χ1) is 14.7. The van der Waals surface area contributed by atoms with Gasteiger partial charge in [-0.3, -0.25) is 9.59 Å². The number of benzene rings is 2. The highest BCUT2D eigenvalue weighted by Gasteiger charge is 2.42. The lowest BCUT2D eigenvalue weighted by Crippen LogP contribution is -2.31. The molecule has 162 valence electrons. The first-order valence-electron chi connectivity index (χ1n) is 9.06. The molecule has 0 fully saturated rings. The van der Waals surface area contributed by atoms with Gasteiger partial charge in [-0.15, -0.1) is 0 Å². The first kappa shape index (κ1) is 22.5. The lowest BCUT2D eigenvalue weighted by molar-refractivity contribution is -0.139. The number of hydrogen-bond acceptors (Lipinski definition) is 5. The molecule has 0 aliphatic carbocycles. The van der Waals surface area contributed by atoms with Crippen LogP contribution in [0.25, 0.3) is 0 Å². The van der Waals surface area contributed by atoms with Gasteiger partial charge in [0.05, 0.1) is 21.7 Å². The predicted molar refractivity (Wildman–Crippen MR) is 113 cm³/mol. The lowest BCUT2D eigenvalue weighted by Gasteiger charge is -2.24. The van der Waals surface area contributed by atoms with Crippen molar-refractivity contribution in [1.82, 2.24) is 10.2 Å². The van der Waals surface area contributed by atoms with Gasteiger partial charge in [0.25, 0.3) is 11.8 Å². The quantitative estimate of drug-likeness (QED) is 0.579. The monoisotopic (exact) mass is 464 g/mol. The van der Waals surface area contributed by atoms with Crippen LogP contribution in [0.1, 0.15) is 17.2 Å². The minimum atomic E-state index is -1.18. The number of ether oxygens (including phenoxy) is 1.